The summed E-state index contributed by atoms with van der Waals surface area (Å²) in [6.07, 6.45) is 12.3. The third-order valence-electron chi connectivity index (χ3n) is 8.33. The van der Waals surface area contributed by atoms with Crippen molar-refractivity contribution < 1.29 is 0 Å². The van der Waals surface area contributed by atoms with Crippen LogP contribution in [0, 0.1) is 11.8 Å². The Labute approximate surface area is 207 Å². The average Bonchev–Trinajstić information content (AvgIpc) is 2.88. The van der Waals surface area contributed by atoms with E-state index in [2.05, 4.69) is 60.0 Å². The Kier molecular flexibility index (Phi) is 8.64. The van der Waals surface area contributed by atoms with Gasteiger partial charge in [0.1, 0.15) is 0 Å². The average molecular weight is 463 g/mol. The lowest BCUT2D eigenvalue weighted by Crippen LogP contribution is -2.41. The van der Waals surface area contributed by atoms with Crippen molar-refractivity contribution in [2.75, 3.05) is 47.4 Å². The fraction of sp³-hybridized carbons (Fsp3) is 0.600. The quantitative estimate of drug-likeness (QED) is 0.409. The third-order valence-corrected chi connectivity index (χ3v) is 8.33. The van der Waals surface area contributed by atoms with Crippen LogP contribution in [0.1, 0.15) is 76.3 Å². The van der Waals surface area contributed by atoms with Gasteiger partial charge in [-0.2, -0.15) is 0 Å². The molecule has 0 atom stereocenters. The molecule has 0 bridgehead atoms. The van der Waals surface area contributed by atoms with Crippen molar-refractivity contribution in [2.45, 2.75) is 78.1 Å². The lowest BCUT2D eigenvalue weighted by Gasteiger charge is -2.41. The molecule has 4 rings (SSSR count). The van der Waals surface area contributed by atoms with Crippen LogP contribution in [-0.2, 0) is 12.8 Å². The maximum atomic E-state index is 6.24. The minimum absolute atomic E-state index is 0.873. The van der Waals surface area contributed by atoms with E-state index in [1.807, 2.05) is 0 Å². The smallest absolute Gasteiger partial charge is 0.0370 e. The zero-order valence-electron chi connectivity index (χ0n) is 21.6. The first-order chi connectivity index (χ1) is 16.6. The van der Waals surface area contributed by atoms with E-state index in [9.17, 15) is 0 Å². The summed E-state index contributed by atoms with van der Waals surface area (Å²) < 4.78 is 0. The normalized spacial score (nSPS) is 17.9. The minimum Gasteiger partial charge on any atom is -0.399 e. The standard InChI is InChI=1S/C30H46N4/c1-3-5-7-25-21-27(9-11-29(25)31)33-17-13-23(14-18-33)24-15-19-34(20-16-24)28-10-12-30(32)26(22-28)8-6-4-2/h9-12,21-24H,3-8,13-20,31-32H2,1-2H3. The fourth-order valence-corrected chi connectivity index (χ4v) is 6.00. The van der Waals surface area contributed by atoms with Crippen LogP contribution in [-0.4, -0.2) is 26.2 Å². The number of hydrogen-bond acceptors (Lipinski definition) is 4. The molecule has 4 nitrogen and oxygen atoms in total. The first kappa shape index (κ1) is 24.8. The monoisotopic (exact) mass is 462 g/mol. The van der Waals surface area contributed by atoms with Gasteiger partial charge in [0, 0.05) is 48.9 Å². The van der Waals surface area contributed by atoms with Crippen LogP contribution in [0.15, 0.2) is 36.4 Å². The predicted molar refractivity (Wildman–Crippen MR) is 149 cm³/mol. The molecule has 0 aromatic heterocycles. The van der Waals surface area contributed by atoms with Gasteiger partial charge in [-0.1, -0.05) is 26.7 Å². The highest BCUT2D eigenvalue weighted by Gasteiger charge is 2.30. The topological polar surface area (TPSA) is 58.5 Å². The Morgan fingerprint density at radius 3 is 1.38 bits per heavy atom. The van der Waals surface area contributed by atoms with Gasteiger partial charge in [-0.05, 0) is 111 Å². The molecule has 2 aromatic carbocycles. The summed E-state index contributed by atoms with van der Waals surface area (Å²) in [5.41, 5.74) is 19.8. The summed E-state index contributed by atoms with van der Waals surface area (Å²) in [5, 5.41) is 0. The Morgan fingerprint density at radius 1 is 0.647 bits per heavy atom. The zero-order chi connectivity index (χ0) is 23.9. The number of nitrogen functional groups attached to an aromatic ring is 2. The maximum Gasteiger partial charge on any atom is 0.0370 e. The minimum atomic E-state index is 0.873. The van der Waals surface area contributed by atoms with Crippen LogP contribution in [0.4, 0.5) is 22.7 Å². The molecule has 186 valence electrons. The molecule has 2 saturated heterocycles. The lowest BCUT2D eigenvalue weighted by molar-refractivity contribution is 0.233. The highest BCUT2D eigenvalue weighted by molar-refractivity contribution is 5.60. The van der Waals surface area contributed by atoms with Crippen LogP contribution >= 0.6 is 0 Å². The second-order valence-corrected chi connectivity index (χ2v) is 10.6. The highest BCUT2D eigenvalue weighted by Crippen LogP contribution is 2.36. The number of benzene rings is 2. The van der Waals surface area contributed by atoms with E-state index in [0.717, 1.165) is 36.1 Å². The predicted octanol–water partition coefficient (Wildman–Crippen LogP) is 6.67. The molecule has 34 heavy (non-hydrogen) atoms. The lowest BCUT2D eigenvalue weighted by atomic mass is 9.78. The van der Waals surface area contributed by atoms with E-state index >= 15 is 0 Å². The van der Waals surface area contributed by atoms with Crippen molar-refractivity contribution in [2.24, 2.45) is 11.8 Å². The summed E-state index contributed by atoms with van der Waals surface area (Å²) in [5.74, 6) is 1.75. The summed E-state index contributed by atoms with van der Waals surface area (Å²) in [6, 6.07) is 13.4. The number of hydrogen-bond donors (Lipinski definition) is 2. The SMILES string of the molecule is CCCCc1cc(N2CCC(C3CCN(c4ccc(N)c(CCCC)c4)CC3)CC2)ccc1N. The molecule has 2 heterocycles. The molecule has 0 spiro atoms. The molecule has 4 N–H and O–H groups in total. The number of anilines is 4. The van der Waals surface area contributed by atoms with E-state index in [-0.39, 0.29) is 0 Å². The van der Waals surface area contributed by atoms with E-state index in [0.29, 0.717) is 0 Å². The van der Waals surface area contributed by atoms with Gasteiger partial charge in [-0.3, -0.25) is 0 Å². The van der Waals surface area contributed by atoms with Gasteiger partial charge in [0.25, 0.3) is 0 Å². The Hall–Kier alpha value is -2.36. The van der Waals surface area contributed by atoms with Crippen molar-refractivity contribution in [3.8, 4) is 0 Å². The molecule has 2 fully saturated rings. The molecular weight excluding hydrogens is 416 g/mol. The van der Waals surface area contributed by atoms with Gasteiger partial charge >= 0.3 is 0 Å². The van der Waals surface area contributed by atoms with Crippen molar-refractivity contribution >= 4 is 22.7 Å². The van der Waals surface area contributed by atoms with Gasteiger partial charge in [0.2, 0.25) is 0 Å². The Balaban J connectivity index is 1.28. The van der Waals surface area contributed by atoms with Crippen LogP contribution in [0.2, 0.25) is 0 Å². The molecule has 0 amide bonds. The number of aryl methyl sites for hydroxylation is 2. The Bertz CT molecular complexity index is 833. The van der Waals surface area contributed by atoms with Crippen LogP contribution in [0.3, 0.4) is 0 Å². The van der Waals surface area contributed by atoms with Crippen LogP contribution in [0.25, 0.3) is 0 Å². The molecule has 2 aliphatic heterocycles. The largest absolute Gasteiger partial charge is 0.399 e. The summed E-state index contributed by atoms with van der Waals surface area (Å²) in [7, 11) is 0. The molecule has 2 aliphatic rings. The third kappa shape index (κ3) is 6.00. The molecule has 0 radical (unpaired) electrons. The van der Waals surface area contributed by atoms with E-state index in [1.165, 1.54) is 100 Å². The molecule has 0 saturated carbocycles. The highest BCUT2D eigenvalue weighted by atomic mass is 15.1. The van der Waals surface area contributed by atoms with E-state index in [1.54, 1.807) is 0 Å². The fourth-order valence-electron chi connectivity index (χ4n) is 6.00. The summed E-state index contributed by atoms with van der Waals surface area (Å²) in [6.45, 7) is 9.22. The van der Waals surface area contributed by atoms with Crippen molar-refractivity contribution in [1.29, 1.82) is 0 Å². The number of piperidine rings is 2. The van der Waals surface area contributed by atoms with Gasteiger partial charge in [0.05, 0.1) is 0 Å². The van der Waals surface area contributed by atoms with Crippen LogP contribution < -0.4 is 21.3 Å². The number of rotatable bonds is 9. The van der Waals surface area contributed by atoms with E-state index < -0.39 is 0 Å². The zero-order valence-corrected chi connectivity index (χ0v) is 21.6. The van der Waals surface area contributed by atoms with Gasteiger partial charge < -0.3 is 21.3 Å². The van der Waals surface area contributed by atoms with Crippen LogP contribution in [0.5, 0.6) is 0 Å². The van der Waals surface area contributed by atoms with Crippen molar-refractivity contribution in [3.05, 3.63) is 47.5 Å². The van der Waals surface area contributed by atoms with E-state index in [4.69, 9.17) is 11.5 Å². The number of nitrogens with two attached hydrogens (primary N) is 2. The summed E-state index contributed by atoms with van der Waals surface area (Å²) in [4.78, 5) is 5.18. The van der Waals surface area contributed by atoms with Gasteiger partial charge in [-0.15, -0.1) is 0 Å². The first-order valence-electron chi connectivity index (χ1n) is 13.9. The number of unbranched alkanes of at least 4 members (excludes halogenated alkanes) is 2. The molecule has 0 unspecified atom stereocenters. The Morgan fingerprint density at radius 2 is 1.03 bits per heavy atom. The maximum absolute atomic E-state index is 6.24. The molecule has 0 aliphatic carbocycles. The molecule has 2 aromatic rings. The first-order valence-corrected chi connectivity index (χ1v) is 13.9. The second-order valence-electron chi connectivity index (χ2n) is 10.6. The summed E-state index contributed by atoms with van der Waals surface area (Å²) >= 11 is 0. The van der Waals surface area contributed by atoms with Gasteiger partial charge in [-0.25, -0.2) is 0 Å². The van der Waals surface area contributed by atoms with Crippen molar-refractivity contribution in [3.63, 3.8) is 0 Å². The number of nitrogens with zero attached hydrogens (tertiary/aromatic N) is 2. The van der Waals surface area contributed by atoms with Crippen molar-refractivity contribution in [1.82, 2.24) is 0 Å². The van der Waals surface area contributed by atoms with Gasteiger partial charge in [0.15, 0.2) is 0 Å². The molecule has 4 heteroatoms. The molecular formula is C30H46N4. The second kappa shape index (κ2) is 11.9.